The number of nitrogen functional groups attached to an aromatic ring is 1. The normalized spacial score (nSPS) is 24.6. The molecule has 3 N–H and O–H groups in total. The highest BCUT2D eigenvalue weighted by atomic mass is 16.1. The van der Waals surface area contributed by atoms with Crippen molar-refractivity contribution in [1.29, 1.82) is 0 Å². The van der Waals surface area contributed by atoms with Crippen LogP contribution in [0, 0.1) is 5.92 Å². The molecule has 0 spiro atoms. The molecule has 2 rings (SSSR count). The average Bonchev–Trinajstić information content (AvgIpc) is 2.63. The van der Waals surface area contributed by atoms with Crippen molar-refractivity contribution in [3.63, 3.8) is 0 Å². The summed E-state index contributed by atoms with van der Waals surface area (Å²) in [7, 11) is 1.73. The van der Waals surface area contributed by atoms with Crippen molar-refractivity contribution in [2.45, 2.75) is 38.6 Å². The van der Waals surface area contributed by atoms with Crippen LogP contribution in [0.3, 0.4) is 0 Å². The Hall–Kier alpha value is -1.52. The van der Waals surface area contributed by atoms with Gasteiger partial charge in [0.05, 0.1) is 6.20 Å². The van der Waals surface area contributed by atoms with Gasteiger partial charge in [0.2, 0.25) is 0 Å². The van der Waals surface area contributed by atoms with E-state index in [1.807, 2.05) is 0 Å². The van der Waals surface area contributed by atoms with Gasteiger partial charge in [-0.2, -0.15) is 5.10 Å². The number of hydrogen-bond donors (Lipinski definition) is 2. The van der Waals surface area contributed by atoms with Crippen LogP contribution in [-0.4, -0.2) is 21.7 Å². The minimum absolute atomic E-state index is 0.102. The molecule has 0 bridgehead atoms. The van der Waals surface area contributed by atoms with E-state index in [4.69, 9.17) is 5.73 Å². The molecule has 17 heavy (non-hydrogen) atoms. The molecule has 1 fully saturated rings. The Morgan fingerprint density at radius 1 is 1.47 bits per heavy atom. The first-order valence-electron chi connectivity index (χ1n) is 6.16. The van der Waals surface area contributed by atoms with Gasteiger partial charge in [0, 0.05) is 13.1 Å². The van der Waals surface area contributed by atoms with Gasteiger partial charge in [0.15, 0.2) is 0 Å². The zero-order valence-electron chi connectivity index (χ0n) is 10.4. The smallest absolute Gasteiger partial charge is 0.256 e. The first-order valence-corrected chi connectivity index (χ1v) is 6.16. The largest absolute Gasteiger partial charge is 0.383 e. The second-order valence-corrected chi connectivity index (χ2v) is 5.00. The highest BCUT2D eigenvalue weighted by Crippen LogP contribution is 2.23. The van der Waals surface area contributed by atoms with Crippen LogP contribution < -0.4 is 11.1 Å². The van der Waals surface area contributed by atoms with Crippen LogP contribution in [0.25, 0.3) is 0 Å². The summed E-state index contributed by atoms with van der Waals surface area (Å²) in [6.07, 6.45) is 6.03. The quantitative estimate of drug-likeness (QED) is 0.813. The van der Waals surface area contributed by atoms with Gasteiger partial charge in [0.1, 0.15) is 11.4 Å². The SMILES string of the molecule is CC1CCC(NC(=O)c2cnn(C)c2N)CC1. The van der Waals surface area contributed by atoms with Crippen LogP contribution in [-0.2, 0) is 7.05 Å². The van der Waals surface area contributed by atoms with Crippen molar-refractivity contribution >= 4 is 11.7 Å². The summed E-state index contributed by atoms with van der Waals surface area (Å²) < 4.78 is 1.51. The number of amides is 1. The molecular formula is C12H20N4O. The topological polar surface area (TPSA) is 72.9 Å². The second-order valence-electron chi connectivity index (χ2n) is 5.00. The minimum Gasteiger partial charge on any atom is -0.383 e. The first kappa shape index (κ1) is 12.0. The van der Waals surface area contributed by atoms with E-state index in [9.17, 15) is 4.79 Å². The molecular weight excluding hydrogens is 216 g/mol. The molecule has 1 aromatic heterocycles. The summed E-state index contributed by atoms with van der Waals surface area (Å²) >= 11 is 0. The van der Waals surface area contributed by atoms with Gasteiger partial charge in [-0.15, -0.1) is 0 Å². The van der Waals surface area contributed by atoms with E-state index in [-0.39, 0.29) is 5.91 Å². The van der Waals surface area contributed by atoms with Crippen LogP contribution in [0.4, 0.5) is 5.82 Å². The number of aryl methyl sites for hydroxylation is 1. The molecule has 1 amide bonds. The van der Waals surface area contributed by atoms with Crippen molar-refractivity contribution in [3.8, 4) is 0 Å². The molecule has 5 nitrogen and oxygen atoms in total. The van der Waals surface area contributed by atoms with Gasteiger partial charge in [-0.1, -0.05) is 6.92 Å². The van der Waals surface area contributed by atoms with Gasteiger partial charge in [-0.05, 0) is 31.6 Å². The lowest BCUT2D eigenvalue weighted by molar-refractivity contribution is 0.0924. The van der Waals surface area contributed by atoms with Gasteiger partial charge in [-0.25, -0.2) is 0 Å². The Labute approximate surface area is 101 Å². The molecule has 0 saturated heterocycles. The number of carbonyl (C=O) groups excluding carboxylic acids is 1. The summed E-state index contributed by atoms with van der Waals surface area (Å²) in [5.74, 6) is 1.11. The van der Waals surface area contributed by atoms with Crippen LogP contribution >= 0.6 is 0 Å². The number of nitrogens with two attached hydrogens (primary N) is 1. The molecule has 1 aromatic rings. The zero-order chi connectivity index (χ0) is 12.4. The maximum Gasteiger partial charge on any atom is 0.256 e. The molecule has 0 aromatic carbocycles. The summed E-state index contributed by atoms with van der Waals surface area (Å²) in [5, 5.41) is 7.01. The Bertz CT molecular complexity index is 405. The van der Waals surface area contributed by atoms with Gasteiger partial charge >= 0.3 is 0 Å². The van der Waals surface area contributed by atoms with Crippen LogP contribution in [0.1, 0.15) is 43.0 Å². The predicted octanol–water partition coefficient (Wildman–Crippen LogP) is 1.31. The molecule has 0 radical (unpaired) electrons. The molecule has 0 atom stereocenters. The van der Waals surface area contributed by atoms with Crippen molar-refractivity contribution in [1.82, 2.24) is 15.1 Å². The number of hydrogen-bond acceptors (Lipinski definition) is 3. The predicted molar refractivity (Wildman–Crippen MR) is 66.5 cm³/mol. The first-order chi connectivity index (χ1) is 8.08. The third kappa shape index (κ3) is 2.60. The fraction of sp³-hybridized carbons (Fsp3) is 0.667. The average molecular weight is 236 g/mol. The number of anilines is 1. The van der Waals surface area contributed by atoms with Gasteiger partial charge in [-0.3, -0.25) is 9.48 Å². The monoisotopic (exact) mass is 236 g/mol. The highest BCUT2D eigenvalue weighted by molar-refractivity contribution is 5.98. The number of nitrogens with zero attached hydrogens (tertiary/aromatic N) is 2. The van der Waals surface area contributed by atoms with Crippen molar-refractivity contribution < 1.29 is 4.79 Å². The maximum atomic E-state index is 12.0. The second kappa shape index (κ2) is 4.77. The number of carbonyl (C=O) groups is 1. The van der Waals surface area contributed by atoms with Crippen molar-refractivity contribution in [2.75, 3.05) is 5.73 Å². The van der Waals surface area contributed by atoms with E-state index in [0.717, 1.165) is 18.8 Å². The number of aromatic nitrogens is 2. The van der Waals surface area contributed by atoms with E-state index in [1.165, 1.54) is 23.7 Å². The Morgan fingerprint density at radius 3 is 2.65 bits per heavy atom. The number of rotatable bonds is 2. The maximum absolute atomic E-state index is 12.0. The third-order valence-electron chi connectivity index (χ3n) is 3.58. The number of nitrogens with one attached hydrogen (secondary N) is 1. The fourth-order valence-corrected chi connectivity index (χ4v) is 2.29. The summed E-state index contributed by atoms with van der Waals surface area (Å²) in [6, 6.07) is 0.290. The van der Waals surface area contributed by atoms with Crippen LogP contribution in [0.15, 0.2) is 6.20 Å². The molecule has 94 valence electrons. The Kier molecular flexibility index (Phi) is 3.36. The molecule has 5 heteroatoms. The van der Waals surface area contributed by atoms with Crippen molar-refractivity contribution in [3.05, 3.63) is 11.8 Å². The lowest BCUT2D eigenvalue weighted by Crippen LogP contribution is -2.37. The Morgan fingerprint density at radius 2 is 2.12 bits per heavy atom. The lowest BCUT2D eigenvalue weighted by Gasteiger charge is -2.26. The van der Waals surface area contributed by atoms with E-state index < -0.39 is 0 Å². The minimum atomic E-state index is -0.102. The van der Waals surface area contributed by atoms with Crippen LogP contribution in [0.5, 0.6) is 0 Å². The molecule has 0 unspecified atom stereocenters. The van der Waals surface area contributed by atoms with Gasteiger partial charge < -0.3 is 11.1 Å². The third-order valence-corrected chi connectivity index (χ3v) is 3.58. The highest BCUT2D eigenvalue weighted by Gasteiger charge is 2.22. The summed E-state index contributed by atoms with van der Waals surface area (Å²) in [4.78, 5) is 12.0. The lowest BCUT2D eigenvalue weighted by atomic mass is 9.87. The molecule has 1 aliphatic rings. The van der Waals surface area contributed by atoms with E-state index in [1.54, 1.807) is 7.05 Å². The fourth-order valence-electron chi connectivity index (χ4n) is 2.29. The van der Waals surface area contributed by atoms with Crippen molar-refractivity contribution in [2.24, 2.45) is 13.0 Å². The molecule has 1 heterocycles. The van der Waals surface area contributed by atoms with E-state index >= 15 is 0 Å². The van der Waals surface area contributed by atoms with Gasteiger partial charge in [0.25, 0.3) is 5.91 Å². The summed E-state index contributed by atoms with van der Waals surface area (Å²) in [5.41, 5.74) is 6.25. The molecule has 1 aliphatic carbocycles. The van der Waals surface area contributed by atoms with Crippen LogP contribution in [0.2, 0.25) is 0 Å². The van der Waals surface area contributed by atoms with E-state index in [2.05, 4.69) is 17.3 Å². The zero-order valence-corrected chi connectivity index (χ0v) is 10.4. The molecule has 0 aliphatic heterocycles. The molecule has 1 saturated carbocycles. The summed E-state index contributed by atoms with van der Waals surface area (Å²) in [6.45, 7) is 2.26. The van der Waals surface area contributed by atoms with E-state index in [0.29, 0.717) is 17.4 Å². The Balaban J connectivity index is 1.95. The standard InChI is InChI=1S/C12H20N4O/c1-8-3-5-9(6-4-8)15-12(17)10-7-14-16(2)11(10)13/h7-9H,3-6,13H2,1-2H3,(H,15,17).